The molecule has 0 unspecified atom stereocenters. The summed E-state index contributed by atoms with van der Waals surface area (Å²) in [6, 6.07) is 0. The summed E-state index contributed by atoms with van der Waals surface area (Å²) >= 11 is 0. The largest absolute Gasteiger partial charge is 0.323 e. The van der Waals surface area contributed by atoms with Gasteiger partial charge in [0.1, 0.15) is 0 Å². The average Bonchev–Trinajstić information content (AvgIpc) is 1.69. The van der Waals surface area contributed by atoms with Crippen LogP contribution in [0.1, 0.15) is 12.8 Å². The second kappa shape index (κ2) is 5.14. The number of carbonyl (C=O) groups excluding carboxylic acids is 1. The highest BCUT2D eigenvalue weighted by molar-refractivity contribution is 5.62. The second-order valence-corrected chi connectivity index (χ2v) is 0.932. The zero-order chi connectivity index (χ0) is 5.54. The van der Waals surface area contributed by atoms with Crippen LogP contribution in [-0.2, 0) is 4.79 Å². The van der Waals surface area contributed by atoms with Crippen LogP contribution in [0.25, 0.3) is 0 Å². The molecule has 0 aromatic heterocycles. The Kier molecular flexibility index (Phi) is 4.51. The molecule has 0 atom stereocenters. The predicted molar refractivity (Wildman–Crippen MR) is 26.5 cm³/mol. The van der Waals surface area contributed by atoms with Crippen LogP contribution in [0, 0.1) is 0 Å². The molecular formula is C4H6N2O. The molecule has 0 saturated heterocycles. The highest BCUT2D eigenvalue weighted by Crippen LogP contribution is 1.74. The van der Waals surface area contributed by atoms with E-state index in [2.05, 4.69) is 17.2 Å². The molecule has 2 radical (unpaired) electrons. The third kappa shape index (κ3) is 5.14. The summed E-state index contributed by atoms with van der Waals surface area (Å²) in [5.74, 6) is 4.65. The minimum Gasteiger partial charge on any atom is -0.323 e. The molecule has 3 nitrogen and oxygen atoms in total. The molecular weight excluding hydrogens is 92.1 g/mol. The van der Waals surface area contributed by atoms with Gasteiger partial charge >= 0.3 is 0 Å². The highest BCUT2D eigenvalue weighted by atomic mass is 16.1. The zero-order valence-electron chi connectivity index (χ0n) is 3.85. The van der Waals surface area contributed by atoms with Gasteiger partial charge in [-0.05, 0) is 0 Å². The molecule has 7 heavy (non-hydrogen) atoms. The van der Waals surface area contributed by atoms with Crippen molar-refractivity contribution < 1.29 is 4.79 Å². The molecule has 0 saturated carbocycles. The quantitative estimate of drug-likeness (QED) is 0.228. The summed E-state index contributed by atoms with van der Waals surface area (Å²) in [5, 5.41) is 3.04. The fraction of sp³-hybridized carbons (Fsp3) is 0.500. The maximum atomic E-state index is 9.43. The van der Waals surface area contributed by atoms with Crippen molar-refractivity contribution in [3.8, 4) is 0 Å². The first-order valence-corrected chi connectivity index (χ1v) is 1.89. The Balaban J connectivity index is 2.82. The average molecular weight is 98.1 g/mol. The maximum absolute atomic E-state index is 9.43. The normalized spacial score (nSPS) is 9.71. The number of unbranched alkanes of at least 4 members (excludes halogenated alkanes) is 1. The van der Waals surface area contributed by atoms with E-state index in [4.69, 9.17) is 0 Å². The summed E-state index contributed by atoms with van der Waals surface area (Å²) in [4.78, 5) is 9.43. The summed E-state index contributed by atoms with van der Waals surface area (Å²) in [7, 11) is 0. The van der Waals surface area contributed by atoms with Gasteiger partial charge in [0.05, 0.1) is 6.21 Å². The lowest BCUT2D eigenvalue weighted by atomic mass is 10.4. The second-order valence-electron chi connectivity index (χ2n) is 0.932. The Morgan fingerprint density at radius 3 is 2.71 bits per heavy atom. The van der Waals surface area contributed by atoms with Crippen molar-refractivity contribution in [2.45, 2.75) is 12.8 Å². The van der Waals surface area contributed by atoms with Gasteiger partial charge in [-0.2, -0.15) is 5.10 Å². The minimum absolute atomic E-state index is 0.334. The molecule has 0 fully saturated rings. The number of hydrazone groups is 1. The minimum atomic E-state index is 0.334. The van der Waals surface area contributed by atoms with Crippen molar-refractivity contribution in [1.29, 1.82) is 0 Å². The van der Waals surface area contributed by atoms with Crippen LogP contribution >= 0.6 is 0 Å². The molecule has 2 N–H and O–H groups in total. The molecule has 3 heteroatoms. The standard InChI is InChI=1S/C4H6N2O/c5-6-3-1-2-4-7/h1-2,5H2. The third-order valence-electron chi connectivity index (χ3n) is 0.430. The molecule has 0 amide bonds. The molecule has 0 aromatic carbocycles. The van der Waals surface area contributed by atoms with E-state index in [1.54, 1.807) is 6.29 Å². The summed E-state index contributed by atoms with van der Waals surface area (Å²) in [5.41, 5.74) is 0. The summed E-state index contributed by atoms with van der Waals surface area (Å²) in [6.07, 6.45) is 4.87. The van der Waals surface area contributed by atoms with E-state index >= 15 is 0 Å². The molecule has 38 valence electrons. The Bertz CT molecular complexity index is 70.1. The van der Waals surface area contributed by atoms with Gasteiger partial charge in [0.15, 0.2) is 6.29 Å². The van der Waals surface area contributed by atoms with Crippen LogP contribution in [0.3, 0.4) is 0 Å². The van der Waals surface area contributed by atoms with Crippen LogP contribution in [0.2, 0.25) is 0 Å². The summed E-state index contributed by atoms with van der Waals surface area (Å²) < 4.78 is 0. The first-order valence-electron chi connectivity index (χ1n) is 1.89. The number of hydrogen-bond donors (Lipinski definition) is 1. The Morgan fingerprint density at radius 1 is 1.57 bits per heavy atom. The molecule has 0 aliphatic carbocycles. The van der Waals surface area contributed by atoms with Crippen molar-refractivity contribution in [3.05, 3.63) is 0 Å². The van der Waals surface area contributed by atoms with Crippen molar-refractivity contribution in [2.24, 2.45) is 10.9 Å². The van der Waals surface area contributed by atoms with Gasteiger partial charge in [-0.15, -0.1) is 0 Å². The molecule has 0 rings (SSSR count). The van der Waals surface area contributed by atoms with Gasteiger partial charge in [-0.1, -0.05) is 0 Å². The Hall–Kier alpha value is -0.860. The molecule has 0 bridgehead atoms. The smallest absolute Gasteiger partial charge is 0.198 e. The van der Waals surface area contributed by atoms with E-state index in [1.165, 1.54) is 0 Å². The lowest BCUT2D eigenvalue weighted by molar-refractivity contribution is 0.552. The number of rotatable bonds is 3. The van der Waals surface area contributed by atoms with Gasteiger partial charge in [0.2, 0.25) is 0 Å². The van der Waals surface area contributed by atoms with Gasteiger partial charge in [0.25, 0.3) is 0 Å². The van der Waals surface area contributed by atoms with E-state index < -0.39 is 0 Å². The Labute approximate surface area is 42.2 Å². The van der Waals surface area contributed by atoms with Crippen molar-refractivity contribution in [3.63, 3.8) is 0 Å². The fourth-order valence-corrected chi connectivity index (χ4v) is 0.171. The van der Waals surface area contributed by atoms with Crippen molar-refractivity contribution in [2.75, 3.05) is 0 Å². The van der Waals surface area contributed by atoms with Crippen LogP contribution in [0.15, 0.2) is 5.10 Å². The van der Waals surface area contributed by atoms with E-state index in [9.17, 15) is 4.79 Å². The lowest BCUT2D eigenvalue weighted by Crippen LogP contribution is -1.82. The topological polar surface area (TPSA) is 55.4 Å². The molecule has 0 aliphatic heterocycles. The monoisotopic (exact) mass is 98.0 g/mol. The van der Waals surface area contributed by atoms with Gasteiger partial charge in [0, 0.05) is 12.8 Å². The summed E-state index contributed by atoms with van der Waals surface area (Å²) in [6.45, 7) is 0. The number of nitrogens with zero attached hydrogens (tertiary/aromatic N) is 1. The lowest BCUT2D eigenvalue weighted by Gasteiger charge is -1.73. The molecule has 0 aliphatic rings. The van der Waals surface area contributed by atoms with Crippen LogP contribution in [0.5, 0.6) is 0 Å². The van der Waals surface area contributed by atoms with Gasteiger partial charge in [-0.25, -0.2) is 0 Å². The molecule has 0 heterocycles. The fourth-order valence-electron chi connectivity index (χ4n) is 0.171. The Morgan fingerprint density at radius 2 is 2.29 bits per heavy atom. The predicted octanol–water partition coefficient (Wildman–Crippen LogP) is -0.302. The van der Waals surface area contributed by atoms with Crippen LogP contribution in [0.4, 0.5) is 0 Å². The van der Waals surface area contributed by atoms with Crippen molar-refractivity contribution >= 4 is 12.5 Å². The molecule has 0 spiro atoms. The van der Waals surface area contributed by atoms with Crippen LogP contribution in [-0.4, -0.2) is 12.5 Å². The first-order chi connectivity index (χ1) is 3.41. The van der Waals surface area contributed by atoms with Crippen LogP contribution < -0.4 is 5.84 Å². The molecule has 0 aromatic rings. The number of nitrogens with two attached hydrogens (primary N) is 1. The van der Waals surface area contributed by atoms with E-state index in [0.29, 0.717) is 12.8 Å². The SMILES string of the molecule is N/N=[C]/CC[C]=O. The first kappa shape index (κ1) is 6.14. The van der Waals surface area contributed by atoms with E-state index in [-0.39, 0.29) is 0 Å². The van der Waals surface area contributed by atoms with E-state index in [1.807, 2.05) is 0 Å². The highest BCUT2D eigenvalue weighted by Gasteiger charge is 1.77. The van der Waals surface area contributed by atoms with E-state index in [0.717, 1.165) is 0 Å². The van der Waals surface area contributed by atoms with Crippen molar-refractivity contribution in [1.82, 2.24) is 0 Å². The number of hydrogen-bond acceptors (Lipinski definition) is 3. The third-order valence-corrected chi connectivity index (χ3v) is 0.430. The maximum Gasteiger partial charge on any atom is 0.198 e. The van der Waals surface area contributed by atoms with Gasteiger partial charge in [-0.3, -0.25) is 4.79 Å². The van der Waals surface area contributed by atoms with Gasteiger partial charge < -0.3 is 5.84 Å². The zero-order valence-corrected chi connectivity index (χ0v) is 3.85.